The van der Waals surface area contributed by atoms with Crippen molar-refractivity contribution < 1.29 is 18.7 Å². The van der Waals surface area contributed by atoms with E-state index in [0.717, 1.165) is 67.3 Å². The molecule has 4 aliphatic rings. The summed E-state index contributed by atoms with van der Waals surface area (Å²) >= 11 is 0. The number of fused-ring (bicyclic) bond motifs is 2. The van der Waals surface area contributed by atoms with Gasteiger partial charge in [-0.2, -0.15) is 0 Å². The summed E-state index contributed by atoms with van der Waals surface area (Å²) in [7, 11) is 0. The lowest BCUT2D eigenvalue weighted by atomic mass is 10.0. The molecule has 5 rings (SSSR count). The zero-order valence-corrected chi connectivity index (χ0v) is 18.7. The van der Waals surface area contributed by atoms with Crippen LogP contribution in [0.15, 0.2) is 48.5 Å². The van der Waals surface area contributed by atoms with Crippen molar-refractivity contribution in [3.05, 3.63) is 71.0 Å². The molecule has 1 aromatic carbocycles. The molecule has 0 unspecified atom stereocenters. The van der Waals surface area contributed by atoms with E-state index in [1.165, 1.54) is 12.1 Å². The van der Waals surface area contributed by atoms with Gasteiger partial charge in [0, 0.05) is 42.0 Å². The van der Waals surface area contributed by atoms with Gasteiger partial charge in [-0.1, -0.05) is 24.3 Å². The monoisotopic (exact) mass is 446 g/mol. The van der Waals surface area contributed by atoms with Crippen molar-refractivity contribution in [2.45, 2.75) is 13.3 Å². The average Bonchev–Trinajstić information content (AvgIpc) is 3.18. The molecule has 0 atom stereocenters. The fourth-order valence-corrected chi connectivity index (χ4v) is 4.62. The highest BCUT2D eigenvalue weighted by molar-refractivity contribution is 6.35. The largest absolute Gasteiger partial charge is 0.493 e. The molecule has 0 radical (unpaired) electrons. The van der Waals surface area contributed by atoms with Gasteiger partial charge >= 0.3 is 0 Å². The summed E-state index contributed by atoms with van der Waals surface area (Å²) in [4.78, 5) is 15.0. The fourth-order valence-electron chi connectivity index (χ4n) is 4.62. The van der Waals surface area contributed by atoms with E-state index in [9.17, 15) is 9.18 Å². The third-order valence-electron chi connectivity index (χ3n) is 6.26. The fraction of sp³-hybridized carbons (Fsp3) is 0.296. The van der Waals surface area contributed by atoms with E-state index < -0.39 is 0 Å². The van der Waals surface area contributed by atoms with Gasteiger partial charge in [-0.15, -0.1) is 0 Å². The molecule has 0 saturated carbocycles. The number of hydrogen-bond donors (Lipinski definition) is 1. The molecular formula is C27H27FN2O3. The summed E-state index contributed by atoms with van der Waals surface area (Å²) in [5.74, 6) is 0.253. The Kier molecular flexibility index (Phi) is 6.11. The molecule has 0 spiro atoms. The number of halogens is 1. The molecule has 1 fully saturated rings. The number of benzene rings is 1. The third-order valence-corrected chi connectivity index (χ3v) is 6.26. The predicted octanol–water partition coefficient (Wildman–Crippen LogP) is 4.83. The second kappa shape index (κ2) is 9.33. The Morgan fingerprint density at radius 1 is 1.12 bits per heavy atom. The minimum atomic E-state index is -0.362. The predicted molar refractivity (Wildman–Crippen MR) is 128 cm³/mol. The van der Waals surface area contributed by atoms with Gasteiger partial charge in [-0.3, -0.25) is 9.69 Å². The van der Waals surface area contributed by atoms with E-state index in [2.05, 4.69) is 16.3 Å². The van der Waals surface area contributed by atoms with Gasteiger partial charge in [0.2, 0.25) is 0 Å². The van der Waals surface area contributed by atoms with Gasteiger partial charge in [-0.25, -0.2) is 4.39 Å². The molecule has 2 aliphatic heterocycles. The SMILES string of the molecule is Cc1cc(/C=C2\C(=O)Nc3ccc(F)cc32)c2ccccc(OCCCN3CCOCC3)c1-2. The normalized spacial score (nSPS) is 17.4. The molecule has 1 aromatic rings. The Balaban J connectivity index is 1.38. The van der Waals surface area contributed by atoms with Gasteiger partial charge in [0.25, 0.3) is 5.91 Å². The summed E-state index contributed by atoms with van der Waals surface area (Å²) in [6.07, 6.45) is 2.79. The molecule has 1 amide bonds. The topological polar surface area (TPSA) is 50.8 Å². The van der Waals surface area contributed by atoms with Crippen LogP contribution in [0.1, 0.15) is 23.1 Å². The summed E-state index contributed by atoms with van der Waals surface area (Å²) in [6.45, 7) is 7.23. The number of amides is 1. The number of carbonyl (C=O) groups excluding carboxylic acids is 1. The molecular weight excluding hydrogens is 419 g/mol. The van der Waals surface area contributed by atoms with Crippen LogP contribution in [0, 0.1) is 12.7 Å². The van der Waals surface area contributed by atoms with E-state index in [0.29, 0.717) is 23.4 Å². The van der Waals surface area contributed by atoms with Crippen molar-refractivity contribution in [3.8, 4) is 16.9 Å². The average molecular weight is 447 g/mol. The number of ether oxygens (including phenoxy) is 2. The van der Waals surface area contributed by atoms with E-state index in [1.807, 2.05) is 37.3 Å². The molecule has 0 bridgehead atoms. The first-order valence-electron chi connectivity index (χ1n) is 11.4. The zero-order chi connectivity index (χ0) is 22.8. The highest BCUT2D eigenvalue weighted by Gasteiger charge is 2.26. The molecule has 0 aromatic heterocycles. The second-order valence-corrected chi connectivity index (χ2v) is 8.51. The highest BCUT2D eigenvalue weighted by Crippen LogP contribution is 2.41. The minimum absolute atomic E-state index is 0.220. The van der Waals surface area contributed by atoms with E-state index >= 15 is 0 Å². The van der Waals surface area contributed by atoms with Gasteiger partial charge in [-0.05, 0) is 60.4 Å². The smallest absolute Gasteiger partial charge is 0.256 e. The molecule has 1 saturated heterocycles. The summed E-state index contributed by atoms with van der Waals surface area (Å²) in [5, 5.41) is 2.82. The molecule has 6 heteroatoms. The van der Waals surface area contributed by atoms with Crippen LogP contribution in [-0.4, -0.2) is 50.3 Å². The number of nitrogens with zero attached hydrogens (tertiary/aromatic N) is 1. The minimum Gasteiger partial charge on any atom is -0.493 e. The zero-order valence-electron chi connectivity index (χ0n) is 18.7. The quantitative estimate of drug-likeness (QED) is 0.435. The first kappa shape index (κ1) is 21.6. The lowest BCUT2D eigenvalue weighted by molar-refractivity contribution is -0.110. The number of nitrogens with one attached hydrogen (secondary N) is 1. The van der Waals surface area contributed by atoms with Crippen molar-refractivity contribution >= 4 is 23.2 Å². The van der Waals surface area contributed by atoms with Crippen LogP contribution in [0.4, 0.5) is 10.1 Å². The summed E-state index contributed by atoms with van der Waals surface area (Å²) < 4.78 is 25.5. The molecule has 170 valence electrons. The molecule has 2 aliphatic carbocycles. The molecule has 33 heavy (non-hydrogen) atoms. The van der Waals surface area contributed by atoms with Gasteiger partial charge in [0.15, 0.2) is 0 Å². The molecule has 2 heterocycles. The maximum absolute atomic E-state index is 13.8. The maximum Gasteiger partial charge on any atom is 0.256 e. The summed E-state index contributed by atoms with van der Waals surface area (Å²) in [5.41, 5.74) is 5.73. The van der Waals surface area contributed by atoms with Crippen molar-refractivity contribution in [3.63, 3.8) is 0 Å². The Hall–Kier alpha value is -3.22. The van der Waals surface area contributed by atoms with Crippen molar-refractivity contribution in [2.75, 3.05) is 44.8 Å². The van der Waals surface area contributed by atoms with Crippen LogP contribution in [0.2, 0.25) is 0 Å². The number of aryl methyl sites for hydroxylation is 1. The lowest BCUT2D eigenvalue weighted by Gasteiger charge is -2.26. The van der Waals surface area contributed by atoms with Gasteiger partial charge < -0.3 is 14.8 Å². The van der Waals surface area contributed by atoms with E-state index in [-0.39, 0.29) is 11.7 Å². The van der Waals surface area contributed by atoms with Crippen LogP contribution in [0.25, 0.3) is 22.8 Å². The lowest BCUT2D eigenvalue weighted by Crippen LogP contribution is -2.37. The van der Waals surface area contributed by atoms with Crippen LogP contribution >= 0.6 is 0 Å². The maximum atomic E-state index is 13.8. The molecule has 1 N–H and O–H groups in total. The van der Waals surface area contributed by atoms with E-state index in [1.54, 1.807) is 6.07 Å². The first-order chi connectivity index (χ1) is 16.1. The molecule has 5 nitrogen and oxygen atoms in total. The van der Waals surface area contributed by atoms with Gasteiger partial charge in [0.1, 0.15) is 11.6 Å². The number of hydrogen-bond acceptors (Lipinski definition) is 4. The number of morpholine rings is 1. The van der Waals surface area contributed by atoms with Crippen LogP contribution in [-0.2, 0) is 9.53 Å². The Morgan fingerprint density at radius 3 is 2.79 bits per heavy atom. The van der Waals surface area contributed by atoms with Crippen LogP contribution < -0.4 is 10.1 Å². The van der Waals surface area contributed by atoms with Crippen molar-refractivity contribution in [2.24, 2.45) is 0 Å². The van der Waals surface area contributed by atoms with Crippen molar-refractivity contribution in [1.29, 1.82) is 0 Å². The number of anilines is 1. The highest BCUT2D eigenvalue weighted by atomic mass is 19.1. The first-order valence-corrected chi connectivity index (χ1v) is 11.4. The van der Waals surface area contributed by atoms with Gasteiger partial charge in [0.05, 0.1) is 19.8 Å². The number of carbonyl (C=O) groups is 1. The van der Waals surface area contributed by atoms with Crippen LogP contribution in [0.3, 0.4) is 0 Å². The Morgan fingerprint density at radius 2 is 1.94 bits per heavy atom. The second-order valence-electron chi connectivity index (χ2n) is 8.51. The Bertz CT molecular complexity index is 1180. The standard InChI is InChI=1S/C27H27FN2O3/c1-18-15-19(16-23-22-17-20(28)7-8-24(22)29-27(23)31)21-5-2-3-6-25(26(18)21)33-12-4-9-30-10-13-32-14-11-30/h2-3,5-8,15-17H,4,9-14H2,1H3,(H,29,31)/b23-16-. The Labute approximate surface area is 193 Å². The third kappa shape index (κ3) is 4.49. The summed E-state index contributed by atoms with van der Waals surface area (Å²) in [6, 6.07) is 14.4. The van der Waals surface area contributed by atoms with E-state index in [4.69, 9.17) is 9.47 Å². The van der Waals surface area contributed by atoms with Crippen LogP contribution in [0.5, 0.6) is 5.75 Å². The number of rotatable bonds is 6. The van der Waals surface area contributed by atoms with Crippen molar-refractivity contribution in [1.82, 2.24) is 4.90 Å².